The van der Waals surface area contributed by atoms with E-state index in [1.807, 2.05) is 38.7 Å². The molecule has 3 rings (SSSR count). The topological polar surface area (TPSA) is 77.3 Å². The fourth-order valence-electron chi connectivity index (χ4n) is 3.57. The molecule has 27 heavy (non-hydrogen) atoms. The van der Waals surface area contributed by atoms with Crippen LogP contribution in [0.15, 0.2) is 29.3 Å². The standard InChI is InChI=1S/C20H24N4O2S/c1-14-12-15(2)17(4)19(16(14)3)27(25,26)24-10-8-23(9-11-24)20-18(13-21)6-5-7-22-20/h5-7,12H,8-11H2,1-4H3. The van der Waals surface area contributed by atoms with Gasteiger partial charge >= 0.3 is 0 Å². The molecule has 0 spiro atoms. The number of aryl methyl sites for hydroxylation is 2. The lowest BCUT2D eigenvalue weighted by atomic mass is 10.0. The number of anilines is 1. The van der Waals surface area contributed by atoms with E-state index >= 15 is 0 Å². The molecule has 2 heterocycles. The van der Waals surface area contributed by atoms with E-state index < -0.39 is 10.0 Å². The number of rotatable bonds is 3. The van der Waals surface area contributed by atoms with Crippen LogP contribution in [0.5, 0.6) is 0 Å². The first-order chi connectivity index (χ1) is 12.8. The monoisotopic (exact) mass is 384 g/mol. The highest BCUT2D eigenvalue weighted by Gasteiger charge is 2.32. The summed E-state index contributed by atoms with van der Waals surface area (Å²) in [5, 5.41) is 9.27. The Hall–Kier alpha value is -2.43. The third kappa shape index (κ3) is 3.43. The average Bonchev–Trinajstić information content (AvgIpc) is 2.66. The van der Waals surface area contributed by atoms with Crippen molar-refractivity contribution in [1.82, 2.24) is 9.29 Å². The normalized spacial score (nSPS) is 15.6. The third-order valence-corrected chi connectivity index (χ3v) is 7.51. The Morgan fingerprint density at radius 2 is 1.63 bits per heavy atom. The first-order valence-corrected chi connectivity index (χ1v) is 10.4. The van der Waals surface area contributed by atoms with Crippen molar-refractivity contribution in [2.24, 2.45) is 0 Å². The van der Waals surface area contributed by atoms with Crippen LogP contribution >= 0.6 is 0 Å². The van der Waals surface area contributed by atoms with Crippen molar-refractivity contribution in [3.05, 3.63) is 52.2 Å². The van der Waals surface area contributed by atoms with Gasteiger partial charge in [0.15, 0.2) is 0 Å². The Kier molecular flexibility index (Phi) is 5.22. The number of hydrogen-bond acceptors (Lipinski definition) is 5. The van der Waals surface area contributed by atoms with E-state index in [4.69, 9.17) is 0 Å². The Morgan fingerprint density at radius 1 is 1.04 bits per heavy atom. The van der Waals surface area contributed by atoms with Crippen LogP contribution in [0.4, 0.5) is 5.82 Å². The zero-order chi connectivity index (χ0) is 19.8. The molecule has 1 aromatic carbocycles. The molecule has 1 aliphatic heterocycles. The molecule has 0 saturated carbocycles. The number of nitriles is 1. The molecule has 1 aliphatic rings. The van der Waals surface area contributed by atoms with Crippen LogP contribution in [-0.4, -0.2) is 43.9 Å². The van der Waals surface area contributed by atoms with Crippen LogP contribution in [0.1, 0.15) is 27.8 Å². The maximum absolute atomic E-state index is 13.3. The maximum atomic E-state index is 13.3. The number of aromatic nitrogens is 1. The van der Waals surface area contributed by atoms with Gasteiger partial charge in [0.2, 0.25) is 10.0 Å². The van der Waals surface area contributed by atoms with E-state index in [2.05, 4.69) is 11.1 Å². The minimum absolute atomic E-state index is 0.371. The molecule has 142 valence electrons. The number of sulfonamides is 1. The van der Waals surface area contributed by atoms with Gasteiger partial charge in [0, 0.05) is 32.4 Å². The van der Waals surface area contributed by atoms with E-state index in [1.165, 1.54) is 0 Å². The van der Waals surface area contributed by atoms with Crippen molar-refractivity contribution < 1.29 is 8.42 Å². The van der Waals surface area contributed by atoms with E-state index in [0.29, 0.717) is 42.5 Å². The van der Waals surface area contributed by atoms with Gasteiger partial charge in [0.05, 0.1) is 10.5 Å². The second-order valence-corrected chi connectivity index (χ2v) is 8.84. The molecule has 0 bridgehead atoms. The number of pyridine rings is 1. The van der Waals surface area contributed by atoms with Gasteiger partial charge in [-0.3, -0.25) is 0 Å². The molecule has 0 atom stereocenters. The highest BCUT2D eigenvalue weighted by atomic mass is 32.2. The Labute approximate surface area is 161 Å². The van der Waals surface area contributed by atoms with Gasteiger partial charge in [-0.1, -0.05) is 6.07 Å². The highest BCUT2D eigenvalue weighted by molar-refractivity contribution is 7.89. The molecule has 6 nitrogen and oxygen atoms in total. The smallest absolute Gasteiger partial charge is 0.243 e. The molecule has 0 aliphatic carbocycles. The molecule has 1 saturated heterocycles. The summed E-state index contributed by atoms with van der Waals surface area (Å²) < 4.78 is 28.2. The SMILES string of the molecule is Cc1cc(C)c(C)c(S(=O)(=O)N2CCN(c3ncccc3C#N)CC2)c1C. The number of piperazine rings is 1. The van der Waals surface area contributed by atoms with Crippen LogP contribution in [0.3, 0.4) is 0 Å². The zero-order valence-electron chi connectivity index (χ0n) is 16.2. The minimum Gasteiger partial charge on any atom is -0.353 e. The highest BCUT2D eigenvalue weighted by Crippen LogP contribution is 2.30. The van der Waals surface area contributed by atoms with Gasteiger partial charge in [-0.25, -0.2) is 13.4 Å². The first-order valence-electron chi connectivity index (χ1n) is 8.95. The lowest BCUT2D eigenvalue weighted by Gasteiger charge is -2.35. The molecule has 0 unspecified atom stereocenters. The largest absolute Gasteiger partial charge is 0.353 e. The molecule has 7 heteroatoms. The van der Waals surface area contributed by atoms with Gasteiger partial charge < -0.3 is 4.90 Å². The number of benzene rings is 1. The Morgan fingerprint density at radius 3 is 2.19 bits per heavy atom. The molecular weight excluding hydrogens is 360 g/mol. The first kappa shape index (κ1) is 19.3. The minimum atomic E-state index is -3.57. The Bertz CT molecular complexity index is 991. The lowest BCUT2D eigenvalue weighted by molar-refractivity contribution is 0.383. The molecular formula is C20H24N4O2S. The third-order valence-electron chi connectivity index (χ3n) is 5.34. The maximum Gasteiger partial charge on any atom is 0.243 e. The zero-order valence-corrected chi connectivity index (χ0v) is 17.0. The van der Waals surface area contributed by atoms with E-state index in [1.54, 1.807) is 22.6 Å². The lowest BCUT2D eigenvalue weighted by Crippen LogP contribution is -2.49. The second-order valence-electron chi connectivity index (χ2n) is 6.97. The van der Waals surface area contributed by atoms with Crippen molar-refractivity contribution in [3.63, 3.8) is 0 Å². The number of hydrogen-bond donors (Lipinski definition) is 0. The molecule has 0 N–H and O–H groups in total. The van der Waals surface area contributed by atoms with Crippen LogP contribution < -0.4 is 4.90 Å². The van der Waals surface area contributed by atoms with Gasteiger partial charge in [-0.05, 0) is 62.1 Å². The predicted molar refractivity (Wildman–Crippen MR) is 105 cm³/mol. The van der Waals surface area contributed by atoms with Crippen molar-refractivity contribution >= 4 is 15.8 Å². The fourth-order valence-corrected chi connectivity index (χ4v) is 5.57. The summed E-state index contributed by atoms with van der Waals surface area (Å²) in [4.78, 5) is 6.72. The summed E-state index contributed by atoms with van der Waals surface area (Å²) in [7, 11) is -3.57. The van der Waals surface area contributed by atoms with Crippen LogP contribution in [0.2, 0.25) is 0 Å². The van der Waals surface area contributed by atoms with E-state index in [9.17, 15) is 13.7 Å². The van der Waals surface area contributed by atoms with Gasteiger partial charge in [-0.2, -0.15) is 9.57 Å². The van der Waals surface area contributed by atoms with Crippen LogP contribution in [0, 0.1) is 39.0 Å². The fraction of sp³-hybridized carbons (Fsp3) is 0.400. The average molecular weight is 385 g/mol. The van der Waals surface area contributed by atoms with E-state index in [0.717, 1.165) is 22.3 Å². The van der Waals surface area contributed by atoms with Gasteiger partial charge in [0.25, 0.3) is 0 Å². The number of nitrogens with zero attached hydrogens (tertiary/aromatic N) is 4. The molecule has 1 fully saturated rings. The molecule has 2 aromatic rings. The van der Waals surface area contributed by atoms with E-state index in [-0.39, 0.29) is 0 Å². The Balaban J connectivity index is 1.87. The summed E-state index contributed by atoms with van der Waals surface area (Å²) in [6.07, 6.45) is 1.65. The van der Waals surface area contributed by atoms with Crippen molar-refractivity contribution in [1.29, 1.82) is 5.26 Å². The molecule has 0 radical (unpaired) electrons. The molecule has 1 aromatic heterocycles. The summed E-state index contributed by atoms with van der Waals surface area (Å²) in [6, 6.07) is 7.65. The predicted octanol–water partition coefficient (Wildman–Crippen LogP) is 2.70. The van der Waals surface area contributed by atoms with Crippen LogP contribution in [-0.2, 0) is 10.0 Å². The van der Waals surface area contributed by atoms with Gasteiger partial charge in [-0.15, -0.1) is 0 Å². The molecule has 0 amide bonds. The summed E-state index contributed by atoms with van der Waals surface area (Å²) >= 11 is 0. The van der Waals surface area contributed by atoms with Crippen molar-refractivity contribution in [2.45, 2.75) is 32.6 Å². The summed E-state index contributed by atoms with van der Waals surface area (Å²) in [6.45, 7) is 9.40. The second kappa shape index (κ2) is 7.29. The quantitative estimate of drug-likeness (QED) is 0.813. The van der Waals surface area contributed by atoms with Crippen molar-refractivity contribution in [2.75, 3.05) is 31.1 Å². The van der Waals surface area contributed by atoms with Crippen molar-refractivity contribution in [3.8, 4) is 6.07 Å². The van der Waals surface area contributed by atoms with Gasteiger partial charge in [0.1, 0.15) is 11.9 Å². The summed E-state index contributed by atoms with van der Waals surface area (Å²) in [5.74, 6) is 0.621. The summed E-state index contributed by atoms with van der Waals surface area (Å²) in [5.41, 5.74) is 4.12. The van der Waals surface area contributed by atoms with Crippen LogP contribution in [0.25, 0.3) is 0 Å².